The van der Waals surface area contributed by atoms with Crippen molar-refractivity contribution in [2.45, 2.75) is 12.8 Å². The largest absolute Gasteiger partial charge is 0.258 e. The van der Waals surface area contributed by atoms with E-state index in [0.717, 1.165) is 0 Å². The van der Waals surface area contributed by atoms with Gasteiger partial charge in [-0.05, 0) is 0 Å². The van der Waals surface area contributed by atoms with Gasteiger partial charge in [-0.15, -0.1) is 6.58 Å². The molecule has 0 amide bonds. The molecule has 0 aromatic heterocycles. The van der Waals surface area contributed by atoms with Gasteiger partial charge in [0.2, 0.25) is 0 Å². The van der Waals surface area contributed by atoms with Crippen molar-refractivity contribution in [3.63, 3.8) is 0 Å². The maximum Gasteiger partial charge on any atom is 0.258 e. The Hall–Kier alpha value is -0.400. The molecule has 0 aromatic carbocycles. The Labute approximate surface area is 47.2 Å². The minimum Gasteiger partial charge on any atom is -0.206 e. The molecule has 0 nitrogen and oxygen atoms in total. The van der Waals surface area contributed by atoms with Crippen molar-refractivity contribution in [1.82, 2.24) is 0 Å². The first-order chi connectivity index (χ1) is 3.60. The standard InChI is InChI=1S/C6H8F2/c1-3-5-4(2)6(5,7)8/h3-5H,1H2,2H3/t4-,5+/m1/s1. The fraction of sp³-hybridized carbons (Fsp3) is 0.667. The van der Waals surface area contributed by atoms with E-state index in [0.29, 0.717) is 0 Å². The lowest BCUT2D eigenvalue weighted by molar-refractivity contribution is 0.0929. The third-order valence-electron chi connectivity index (χ3n) is 1.74. The first-order valence-corrected chi connectivity index (χ1v) is 2.61. The molecule has 1 rings (SSSR count). The highest BCUT2D eigenvalue weighted by Gasteiger charge is 2.63. The van der Waals surface area contributed by atoms with Crippen molar-refractivity contribution in [1.29, 1.82) is 0 Å². The van der Waals surface area contributed by atoms with Crippen molar-refractivity contribution in [2.75, 3.05) is 0 Å². The van der Waals surface area contributed by atoms with E-state index >= 15 is 0 Å². The van der Waals surface area contributed by atoms with E-state index in [1.165, 1.54) is 13.0 Å². The number of rotatable bonds is 1. The normalized spacial score (nSPS) is 41.4. The van der Waals surface area contributed by atoms with Crippen LogP contribution in [0.15, 0.2) is 12.7 Å². The molecule has 0 saturated heterocycles. The van der Waals surface area contributed by atoms with E-state index in [9.17, 15) is 8.78 Å². The quantitative estimate of drug-likeness (QED) is 0.462. The minimum absolute atomic E-state index is 0.472. The maximum atomic E-state index is 12.1. The van der Waals surface area contributed by atoms with Crippen LogP contribution in [0.25, 0.3) is 0 Å². The average molecular weight is 118 g/mol. The Morgan fingerprint density at radius 2 is 2.00 bits per heavy atom. The molecule has 0 heterocycles. The highest BCUT2D eigenvalue weighted by Crippen LogP contribution is 2.55. The summed E-state index contributed by atoms with van der Waals surface area (Å²) < 4.78 is 24.2. The molecule has 0 spiro atoms. The van der Waals surface area contributed by atoms with E-state index in [1.807, 2.05) is 0 Å². The summed E-state index contributed by atoms with van der Waals surface area (Å²) in [6, 6.07) is 0. The molecular weight excluding hydrogens is 110 g/mol. The Kier molecular flexibility index (Phi) is 0.934. The molecule has 0 bridgehead atoms. The van der Waals surface area contributed by atoms with E-state index in [1.54, 1.807) is 0 Å². The van der Waals surface area contributed by atoms with Crippen LogP contribution in [0.3, 0.4) is 0 Å². The van der Waals surface area contributed by atoms with Gasteiger partial charge in [-0.3, -0.25) is 0 Å². The van der Waals surface area contributed by atoms with Crippen LogP contribution in [0.2, 0.25) is 0 Å². The summed E-state index contributed by atoms with van der Waals surface area (Å²) in [5, 5.41) is 0. The summed E-state index contributed by atoms with van der Waals surface area (Å²) in [5.41, 5.74) is 0. The van der Waals surface area contributed by atoms with Gasteiger partial charge in [0.1, 0.15) is 0 Å². The van der Waals surface area contributed by atoms with Crippen LogP contribution in [0.5, 0.6) is 0 Å². The number of hydrogen-bond acceptors (Lipinski definition) is 0. The highest BCUT2D eigenvalue weighted by atomic mass is 19.3. The van der Waals surface area contributed by atoms with E-state index in [2.05, 4.69) is 6.58 Å². The molecule has 8 heavy (non-hydrogen) atoms. The molecule has 0 unspecified atom stereocenters. The molecule has 0 aromatic rings. The van der Waals surface area contributed by atoms with Crippen molar-refractivity contribution < 1.29 is 8.78 Å². The van der Waals surface area contributed by atoms with Crippen molar-refractivity contribution in [2.24, 2.45) is 11.8 Å². The molecule has 1 aliphatic carbocycles. The second-order valence-electron chi connectivity index (χ2n) is 2.22. The summed E-state index contributed by atoms with van der Waals surface area (Å²) in [6.07, 6.45) is 1.32. The lowest BCUT2D eigenvalue weighted by Gasteiger charge is -1.85. The zero-order valence-electron chi connectivity index (χ0n) is 4.70. The van der Waals surface area contributed by atoms with Crippen LogP contribution in [0.4, 0.5) is 8.78 Å². The SMILES string of the molecule is C=C[C@H]1[C@@H](C)C1(F)F. The van der Waals surface area contributed by atoms with Gasteiger partial charge in [0, 0.05) is 11.8 Å². The van der Waals surface area contributed by atoms with Crippen molar-refractivity contribution in [3.8, 4) is 0 Å². The fourth-order valence-corrected chi connectivity index (χ4v) is 0.871. The van der Waals surface area contributed by atoms with Crippen LogP contribution in [-0.4, -0.2) is 5.92 Å². The van der Waals surface area contributed by atoms with Crippen LogP contribution < -0.4 is 0 Å². The molecule has 46 valence electrons. The summed E-state index contributed by atoms with van der Waals surface area (Å²) in [6.45, 7) is 4.82. The molecule has 0 radical (unpaired) electrons. The third kappa shape index (κ3) is 0.487. The average Bonchev–Trinajstić information content (AvgIpc) is 2.09. The number of hydrogen-bond donors (Lipinski definition) is 0. The topological polar surface area (TPSA) is 0 Å². The van der Waals surface area contributed by atoms with Gasteiger partial charge in [0.15, 0.2) is 0 Å². The van der Waals surface area contributed by atoms with Gasteiger partial charge in [0.05, 0.1) is 0 Å². The van der Waals surface area contributed by atoms with Gasteiger partial charge in [-0.1, -0.05) is 13.0 Å². The van der Waals surface area contributed by atoms with Crippen molar-refractivity contribution >= 4 is 0 Å². The van der Waals surface area contributed by atoms with Gasteiger partial charge in [-0.25, -0.2) is 8.78 Å². The first kappa shape index (κ1) is 5.73. The second kappa shape index (κ2) is 1.30. The van der Waals surface area contributed by atoms with Gasteiger partial charge < -0.3 is 0 Å². The third-order valence-corrected chi connectivity index (χ3v) is 1.74. The predicted octanol–water partition coefficient (Wildman–Crippen LogP) is 2.07. The molecule has 0 N–H and O–H groups in total. The monoisotopic (exact) mass is 118 g/mol. The van der Waals surface area contributed by atoms with Crippen LogP contribution in [-0.2, 0) is 0 Å². The van der Waals surface area contributed by atoms with E-state index < -0.39 is 17.8 Å². The van der Waals surface area contributed by atoms with Gasteiger partial charge in [0.25, 0.3) is 5.92 Å². The van der Waals surface area contributed by atoms with E-state index in [4.69, 9.17) is 0 Å². The number of alkyl halides is 2. The summed E-state index contributed by atoms with van der Waals surface area (Å²) in [7, 11) is 0. The van der Waals surface area contributed by atoms with Crippen LogP contribution >= 0.6 is 0 Å². The molecular formula is C6H8F2. The number of halogens is 2. The second-order valence-corrected chi connectivity index (χ2v) is 2.22. The van der Waals surface area contributed by atoms with Crippen LogP contribution in [0, 0.1) is 11.8 Å². The zero-order chi connectivity index (χ0) is 6.36. The van der Waals surface area contributed by atoms with Gasteiger partial charge in [-0.2, -0.15) is 0 Å². The smallest absolute Gasteiger partial charge is 0.206 e. The van der Waals surface area contributed by atoms with Crippen molar-refractivity contribution in [3.05, 3.63) is 12.7 Å². The molecule has 0 aliphatic heterocycles. The summed E-state index contributed by atoms with van der Waals surface area (Å²) in [4.78, 5) is 0. The van der Waals surface area contributed by atoms with E-state index in [-0.39, 0.29) is 0 Å². The summed E-state index contributed by atoms with van der Waals surface area (Å²) in [5.74, 6) is -3.47. The Balaban J connectivity index is 2.57. The molecule has 2 heteroatoms. The lowest BCUT2D eigenvalue weighted by Crippen LogP contribution is -1.90. The zero-order valence-corrected chi connectivity index (χ0v) is 4.70. The molecule has 1 fully saturated rings. The highest BCUT2D eigenvalue weighted by molar-refractivity contribution is 5.10. The summed E-state index contributed by atoms with van der Waals surface area (Å²) >= 11 is 0. The Morgan fingerprint density at radius 1 is 1.62 bits per heavy atom. The minimum atomic E-state index is -2.44. The molecule has 2 atom stereocenters. The molecule has 1 aliphatic rings. The fourth-order valence-electron chi connectivity index (χ4n) is 0.871. The Morgan fingerprint density at radius 3 is 2.00 bits per heavy atom. The lowest BCUT2D eigenvalue weighted by atomic mass is 10.3. The van der Waals surface area contributed by atoms with Crippen LogP contribution in [0.1, 0.15) is 6.92 Å². The molecule has 1 saturated carbocycles. The Bertz CT molecular complexity index is 118. The number of allylic oxidation sites excluding steroid dienone is 1. The maximum absolute atomic E-state index is 12.1. The first-order valence-electron chi connectivity index (χ1n) is 2.61. The van der Waals surface area contributed by atoms with Gasteiger partial charge >= 0.3 is 0 Å². The predicted molar refractivity (Wildman–Crippen MR) is 27.8 cm³/mol.